The van der Waals surface area contributed by atoms with Crippen LogP contribution in [-0.2, 0) is 0 Å². The van der Waals surface area contributed by atoms with Gasteiger partial charge >= 0.3 is 6.03 Å². The normalized spacial score (nSPS) is 14.2. The number of rotatable bonds is 4. The number of hydrogen-bond donors (Lipinski definition) is 2. The van der Waals surface area contributed by atoms with E-state index in [1.54, 1.807) is 0 Å². The zero-order valence-electron chi connectivity index (χ0n) is 17.9. The maximum absolute atomic E-state index is 12.5. The standard InChI is InChI=1S/C27H26N4O/c32-27(28-21-14-8-3-9-15-21)29-22-16-17-23-24(18-22)31-26(20-12-6-2-7-13-20)25(30-23)19-10-4-1-5-11-19/h1-2,4-7,10-13,16-18,21H,3,8-9,14-15H2,(H2,28,29,32). The number of urea groups is 1. The lowest BCUT2D eigenvalue weighted by Crippen LogP contribution is -2.39. The monoisotopic (exact) mass is 422 g/mol. The van der Waals surface area contributed by atoms with Crippen molar-refractivity contribution in [3.05, 3.63) is 78.9 Å². The van der Waals surface area contributed by atoms with Gasteiger partial charge in [-0.15, -0.1) is 0 Å². The minimum atomic E-state index is -0.159. The lowest BCUT2D eigenvalue weighted by molar-refractivity contribution is 0.244. The van der Waals surface area contributed by atoms with Crippen molar-refractivity contribution in [3.8, 4) is 22.5 Å². The van der Waals surface area contributed by atoms with Crippen LogP contribution < -0.4 is 10.6 Å². The second-order valence-corrected chi connectivity index (χ2v) is 8.29. The van der Waals surface area contributed by atoms with Crippen LogP contribution in [0.2, 0.25) is 0 Å². The van der Waals surface area contributed by atoms with Gasteiger partial charge in [-0.25, -0.2) is 14.8 Å². The highest BCUT2D eigenvalue weighted by molar-refractivity contribution is 5.93. The highest BCUT2D eigenvalue weighted by Gasteiger charge is 2.17. The Balaban J connectivity index is 1.48. The summed E-state index contributed by atoms with van der Waals surface area (Å²) >= 11 is 0. The maximum Gasteiger partial charge on any atom is 0.319 e. The number of nitrogens with one attached hydrogen (secondary N) is 2. The van der Waals surface area contributed by atoms with Crippen molar-refractivity contribution in [2.24, 2.45) is 0 Å². The van der Waals surface area contributed by atoms with Gasteiger partial charge < -0.3 is 10.6 Å². The molecule has 1 saturated carbocycles. The first kappa shape index (κ1) is 20.2. The van der Waals surface area contributed by atoms with E-state index in [1.807, 2.05) is 78.9 Å². The van der Waals surface area contributed by atoms with E-state index in [4.69, 9.17) is 9.97 Å². The van der Waals surface area contributed by atoms with Gasteiger partial charge in [-0.05, 0) is 31.0 Å². The number of nitrogens with zero attached hydrogens (tertiary/aromatic N) is 2. The number of hydrogen-bond acceptors (Lipinski definition) is 3. The maximum atomic E-state index is 12.5. The molecule has 0 saturated heterocycles. The molecule has 5 heteroatoms. The first-order chi connectivity index (χ1) is 15.8. The predicted octanol–water partition coefficient (Wildman–Crippen LogP) is 6.42. The van der Waals surface area contributed by atoms with Gasteiger partial charge in [0.25, 0.3) is 0 Å². The summed E-state index contributed by atoms with van der Waals surface area (Å²) in [4.78, 5) is 22.4. The van der Waals surface area contributed by atoms with Crippen LogP contribution in [0.3, 0.4) is 0 Å². The molecule has 1 aliphatic rings. The summed E-state index contributed by atoms with van der Waals surface area (Å²) in [5.74, 6) is 0. The number of carbonyl (C=O) groups is 1. The number of aromatic nitrogens is 2. The molecule has 2 amide bonds. The number of benzene rings is 3. The summed E-state index contributed by atoms with van der Waals surface area (Å²) in [6, 6.07) is 26.0. The number of anilines is 1. The Labute approximate surface area is 187 Å². The Morgan fingerprint density at radius 1 is 0.719 bits per heavy atom. The molecule has 0 radical (unpaired) electrons. The lowest BCUT2D eigenvalue weighted by atomic mass is 9.96. The van der Waals surface area contributed by atoms with E-state index in [0.29, 0.717) is 5.69 Å². The van der Waals surface area contributed by atoms with Crippen LogP contribution in [0.5, 0.6) is 0 Å². The van der Waals surface area contributed by atoms with Gasteiger partial charge in [0.05, 0.1) is 22.4 Å². The van der Waals surface area contributed by atoms with Crippen LogP contribution >= 0.6 is 0 Å². The number of amides is 2. The fraction of sp³-hybridized carbons (Fsp3) is 0.222. The smallest absolute Gasteiger partial charge is 0.319 e. The van der Waals surface area contributed by atoms with Crippen molar-refractivity contribution in [2.45, 2.75) is 38.1 Å². The first-order valence-electron chi connectivity index (χ1n) is 11.3. The topological polar surface area (TPSA) is 66.9 Å². The van der Waals surface area contributed by atoms with Gasteiger partial charge in [0, 0.05) is 22.9 Å². The van der Waals surface area contributed by atoms with Gasteiger partial charge in [0.1, 0.15) is 0 Å². The molecule has 2 N–H and O–H groups in total. The van der Waals surface area contributed by atoms with Crippen molar-refractivity contribution in [1.82, 2.24) is 15.3 Å². The molecule has 1 aliphatic carbocycles. The van der Waals surface area contributed by atoms with Crippen LogP contribution in [0.4, 0.5) is 10.5 Å². The van der Waals surface area contributed by atoms with Crippen LogP contribution in [0.1, 0.15) is 32.1 Å². The molecule has 0 atom stereocenters. The Hall–Kier alpha value is -3.73. The molecule has 0 spiro atoms. The van der Waals surface area contributed by atoms with E-state index in [-0.39, 0.29) is 12.1 Å². The summed E-state index contributed by atoms with van der Waals surface area (Å²) in [7, 11) is 0. The molecule has 32 heavy (non-hydrogen) atoms. The Bertz CT molecular complexity index is 1220. The second-order valence-electron chi connectivity index (χ2n) is 8.29. The molecule has 4 aromatic rings. The molecule has 160 valence electrons. The van der Waals surface area contributed by atoms with Gasteiger partial charge in [-0.1, -0.05) is 79.9 Å². The van der Waals surface area contributed by atoms with E-state index < -0.39 is 0 Å². The van der Waals surface area contributed by atoms with Crippen LogP contribution in [-0.4, -0.2) is 22.0 Å². The molecule has 1 aromatic heterocycles. The average molecular weight is 423 g/mol. The van der Waals surface area contributed by atoms with Crippen LogP contribution in [0.25, 0.3) is 33.5 Å². The molecule has 1 fully saturated rings. The van der Waals surface area contributed by atoms with Crippen molar-refractivity contribution in [3.63, 3.8) is 0 Å². The summed E-state index contributed by atoms with van der Waals surface area (Å²) < 4.78 is 0. The Morgan fingerprint density at radius 3 is 1.94 bits per heavy atom. The minimum absolute atomic E-state index is 0.159. The summed E-state index contributed by atoms with van der Waals surface area (Å²) in [6.07, 6.45) is 5.74. The van der Waals surface area contributed by atoms with Gasteiger partial charge in [-0.3, -0.25) is 0 Å². The molecule has 3 aromatic carbocycles. The fourth-order valence-electron chi connectivity index (χ4n) is 4.33. The molecule has 5 nitrogen and oxygen atoms in total. The van der Waals surface area contributed by atoms with E-state index >= 15 is 0 Å². The summed E-state index contributed by atoms with van der Waals surface area (Å²) in [6.45, 7) is 0. The van der Waals surface area contributed by atoms with Gasteiger partial charge in [-0.2, -0.15) is 0 Å². The van der Waals surface area contributed by atoms with Crippen LogP contribution in [0, 0.1) is 0 Å². The molecule has 5 rings (SSSR count). The van der Waals surface area contributed by atoms with Crippen molar-refractivity contribution in [2.75, 3.05) is 5.32 Å². The molecular formula is C27H26N4O. The number of fused-ring (bicyclic) bond motifs is 1. The van der Waals surface area contributed by atoms with Gasteiger partial charge in [0.2, 0.25) is 0 Å². The predicted molar refractivity (Wildman–Crippen MR) is 129 cm³/mol. The molecule has 0 aliphatic heterocycles. The van der Waals surface area contributed by atoms with Crippen molar-refractivity contribution >= 4 is 22.8 Å². The number of carbonyl (C=O) groups excluding carboxylic acids is 1. The Morgan fingerprint density at radius 2 is 1.31 bits per heavy atom. The lowest BCUT2D eigenvalue weighted by Gasteiger charge is -2.22. The minimum Gasteiger partial charge on any atom is -0.335 e. The molecular weight excluding hydrogens is 396 g/mol. The molecule has 0 unspecified atom stereocenters. The molecule has 1 heterocycles. The van der Waals surface area contributed by atoms with Crippen LogP contribution in [0.15, 0.2) is 78.9 Å². The average Bonchev–Trinajstić information content (AvgIpc) is 2.85. The van der Waals surface area contributed by atoms with Crippen molar-refractivity contribution in [1.29, 1.82) is 0 Å². The third-order valence-electron chi connectivity index (χ3n) is 5.96. The van der Waals surface area contributed by atoms with E-state index in [0.717, 1.165) is 46.4 Å². The zero-order chi connectivity index (χ0) is 21.8. The zero-order valence-corrected chi connectivity index (χ0v) is 17.9. The van der Waals surface area contributed by atoms with Gasteiger partial charge in [0.15, 0.2) is 0 Å². The van der Waals surface area contributed by atoms with E-state index in [2.05, 4.69) is 10.6 Å². The summed E-state index contributed by atoms with van der Waals surface area (Å²) in [5.41, 5.74) is 5.96. The third-order valence-corrected chi connectivity index (χ3v) is 5.96. The quantitative estimate of drug-likeness (QED) is 0.399. The largest absolute Gasteiger partial charge is 0.335 e. The molecule has 0 bridgehead atoms. The fourth-order valence-corrected chi connectivity index (χ4v) is 4.33. The third kappa shape index (κ3) is 4.47. The van der Waals surface area contributed by atoms with E-state index in [9.17, 15) is 4.79 Å². The van der Waals surface area contributed by atoms with E-state index in [1.165, 1.54) is 19.3 Å². The SMILES string of the molecule is O=C(Nc1ccc2nc(-c3ccccc3)c(-c3ccccc3)nc2c1)NC1CCCCC1. The highest BCUT2D eigenvalue weighted by Crippen LogP contribution is 2.31. The highest BCUT2D eigenvalue weighted by atomic mass is 16.2. The van der Waals surface area contributed by atoms with Crippen molar-refractivity contribution < 1.29 is 4.79 Å². The second kappa shape index (κ2) is 9.18. The Kier molecular flexibility index (Phi) is 5.79. The first-order valence-corrected chi connectivity index (χ1v) is 11.3. The summed E-state index contributed by atoms with van der Waals surface area (Å²) in [5, 5.41) is 6.07.